The van der Waals surface area contributed by atoms with Gasteiger partial charge >= 0.3 is 0 Å². The fourth-order valence-corrected chi connectivity index (χ4v) is 4.31. The van der Waals surface area contributed by atoms with Crippen molar-refractivity contribution in [3.63, 3.8) is 0 Å². The number of imide groups is 1. The van der Waals surface area contributed by atoms with Crippen molar-refractivity contribution in [2.45, 2.75) is 6.92 Å². The Labute approximate surface area is 188 Å². The van der Waals surface area contributed by atoms with Crippen LogP contribution in [0.25, 0.3) is 5.57 Å². The van der Waals surface area contributed by atoms with Gasteiger partial charge in [0.1, 0.15) is 5.70 Å². The van der Waals surface area contributed by atoms with E-state index in [1.807, 2.05) is 30.5 Å². The largest absolute Gasteiger partial charge is 0.493 e. The van der Waals surface area contributed by atoms with Crippen molar-refractivity contribution in [2.75, 3.05) is 24.4 Å². The summed E-state index contributed by atoms with van der Waals surface area (Å²) in [7, 11) is 3.02. The van der Waals surface area contributed by atoms with Crippen molar-refractivity contribution >= 4 is 51.7 Å². The summed E-state index contributed by atoms with van der Waals surface area (Å²) in [5.41, 5.74) is 2.35. The summed E-state index contributed by atoms with van der Waals surface area (Å²) in [6.07, 6.45) is 0. The maximum Gasteiger partial charge on any atom is 0.282 e. The third-order valence-electron chi connectivity index (χ3n) is 5.00. The Balaban J connectivity index is 1.81. The molecule has 0 fully saturated rings. The lowest BCUT2D eigenvalue weighted by Crippen LogP contribution is -2.32. The van der Waals surface area contributed by atoms with Crippen molar-refractivity contribution in [1.82, 2.24) is 0 Å². The molecule has 1 aliphatic rings. The van der Waals surface area contributed by atoms with E-state index in [1.54, 1.807) is 30.3 Å². The summed E-state index contributed by atoms with van der Waals surface area (Å²) in [6.45, 7) is 1.85. The van der Waals surface area contributed by atoms with Gasteiger partial charge in [-0.15, -0.1) is 11.3 Å². The lowest BCUT2D eigenvalue weighted by molar-refractivity contribution is -0.120. The zero-order chi connectivity index (χ0) is 22.1. The summed E-state index contributed by atoms with van der Waals surface area (Å²) in [4.78, 5) is 28.7. The van der Waals surface area contributed by atoms with Crippen molar-refractivity contribution in [1.29, 1.82) is 0 Å². The van der Waals surface area contributed by atoms with Crippen molar-refractivity contribution in [3.05, 3.63) is 75.1 Å². The van der Waals surface area contributed by atoms with Gasteiger partial charge in [-0.05, 0) is 48.2 Å². The highest BCUT2D eigenvalue weighted by Crippen LogP contribution is 2.39. The highest BCUT2D eigenvalue weighted by atomic mass is 35.5. The summed E-state index contributed by atoms with van der Waals surface area (Å²) in [5.74, 6) is 0.0527. The number of carbonyl (C=O) groups excluding carboxylic acids is 2. The third-order valence-corrected chi connectivity index (χ3v) is 6.30. The molecule has 1 aliphatic heterocycles. The summed E-state index contributed by atoms with van der Waals surface area (Å²) in [6, 6.07) is 13.9. The molecule has 1 aromatic heterocycles. The minimum Gasteiger partial charge on any atom is -0.493 e. The van der Waals surface area contributed by atoms with E-state index in [0.717, 1.165) is 10.5 Å². The Morgan fingerprint density at radius 1 is 0.968 bits per heavy atom. The lowest BCUT2D eigenvalue weighted by Gasteiger charge is -2.17. The molecule has 8 heteroatoms. The Bertz CT molecular complexity index is 1200. The van der Waals surface area contributed by atoms with Gasteiger partial charge in [-0.1, -0.05) is 23.7 Å². The van der Waals surface area contributed by atoms with Gasteiger partial charge in [0.15, 0.2) is 11.5 Å². The number of ether oxygens (including phenoxy) is 2. The fourth-order valence-electron chi connectivity index (χ4n) is 3.37. The fraction of sp³-hybridized carbons (Fsp3) is 0.130. The van der Waals surface area contributed by atoms with Crippen LogP contribution in [0.5, 0.6) is 11.5 Å². The molecule has 0 saturated carbocycles. The van der Waals surface area contributed by atoms with Crippen LogP contribution in [0, 0.1) is 6.92 Å². The van der Waals surface area contributed by atoms with Gasteiger partial charge in [-0.2, -0.15) is 0 Å². The van der Waals surface area contributed by atoms with Gasteiger partial charge in [0, 0.05) is 21.7 Å². The third kappa shape index (κ3) is 3.66. The molecule has 2 aromatic carbocycles. The molecule has 0 bridgehead atoms. The predicted octanol–water partition coefficient (Wildman–Crippen LogP) is 5.12. The second kappa shape index (κ2) is 8.45. The van der Waals surface area contributed by atoms with Gasteiger partial charge in [0.05, 0.1) is 25.5 Å². The summed E-state index contributed by atoms with van der Waals surface area (Å²) >= 11 is 7.63. The number of anilines is 2. The summed E-state index contributed by atoms with van der Waals surface area (Å²) in [5, 5.41) is 5.58. The molecule has 6 nitrogen and oxygen atoms in total. The second-order valence-corrected chi connectivity index (χ2v) is 8.10. The number of amides is 2. The predicted molar refractivity (Wildman–Crippen MR) is 123 cm³/mol. The number of thiophene rings is 1. The molecular formula is C23H19ClN2O4S. The van der Waals surface area contributed by atoms with Crippen LogP contribution in [0.2, 0.25) is 5.02 Å². The zero-order valence-corrected chi connectivity index (χ0v) is 18.6. The molecule has 0 spiro atoms. The number of hydrogen-bond donors (Lipinski definition) is 1. The average Bonchev–Trinajstić information content (AvgIpc) is 3.37. The highest BCUT2D eigenvalue weighted by Gasteiger charge is 2.41. The van der Waals surface area contributed by atoms with E-state index in [0.29, 0.717) is 38.3 Å². The first-order valence-corrected chi connectivity index (χ1v) is 10.6. The minimum atomic E-state index is -0.458. The number of nitrogens with zero attached hydrogens (tertiary/aromatic N) is 1. The SMILES string of the molecule is COc1ccc(N2C(=O)C(Nc3cccc(Cl)c3C)=C(c3cccs3)C2=O)cc1OC. The number of benzene rings is 2. The Morgan fingerprint density at radius 2 is 1.74 bits per heavy atom. The maximum atomic E-state index is 13.5. The topological polar surface area (TPSA) is 67.9 Å². The molecule has 1 N–H and O–H groups in total. The molecule has 0 atom stereocenters. The van der Waals surface area contributed by atoms with Crippen LogP contribution in [-0.4, -0.2) is 26.0 Å². The number of hydrogen-bond acceptors (Lipinski definition) is 6. The maximum absolute atomic E-state index is 13.5. The van der Waals surface area contributed by atoms with Crippen LogP contribution in [0.15, 0.2) is 59.6 Å². The lowest BCUT2D eigenvalue weighted by atomic mass is 10.1. The van der Waals surface area contributed by atoms with Crippen LogP contribution in [0.3, 0.4) is 0 Å². The van der Waals surface area contributed by atoms with Crippen LogP contribution in [-0.2, 0) is 9.59 Å². The molecule has 4 rings (SSSR count). The monoisotopic (exact) mass is 454 g/mol. The van der Waals surface area contributed by atoms with Gasteiger partial charge in [0.25, 0.3) is 11.8 Å². The molecule has 158 valence electrons. The molecule has 2 amide bonds. The Morgan fingerprint density at radius 3 is 2.42 bits per heavy atom. The van der Waals surface area contributed by atoms with E-state index in [-0.39, 0.29) is 5.70 Å². The van der Waals surface area contributed by atoms with Crippen molar-refractivity contribution in [2.24, 2.45) is 0 Å². The summed E-state index contributed by atoms with van der Waals surface area (Å²) < 4.78 is 10.6. The number of methoxy groups -OCH3 is 2. The van der Waals surface area contributed by atoms with Crippen LogP contribution in [0.1, 0.15) is 10.4 Å². The molecular weight excluding hydrogens is 436 g/mol. The molecule has 0 unspecified atom stereocenters. The molecule has 3 aromatic rings. The van der Waals surface area contributed by atoms with Crippen LogP contribution in [0.4, 0.5) is 11.4 Å². The van der Waals surface area contributed by atoms with E-state index in [9.17, 15) is 9.59 Å². The second-order valence-electron chi connectivity index (χ2n) is 6.75. The average molecular weight is 455 g/mol. The quantitative estimate of drug-likeness (QED) is 0.523. The van der Waals surface area contributed by atoms with E-state index < -0.39 is 11.8 Å². The first-order chi connectivity index (χ1) is 15.0. The first-order valence-electron chi connectivity index (χ1n) is 9.37. The van der Waals surface area contributed by atoms with Gasteiger partial charge in [-0.25, -0.2) is 4.90 Å². The molecule has 31 heavy (non-hydrogen) atoms. The van der Waals surface area contributed by atoms with Crippen LogP contribution < -0.4 is 19.7 Å². The van der Waals surface area contributed by atoms with E-state index in [4.69, 9.17) is 21.1 Å². The Hall–Kier alpha value is -3.29. The normalized spacial score (nSPS) is 13.7. The Kier molecular flexibility index (Phi) is 5.71. The van der Waals surface area contributed by atoms with Crippen molar-refractivity contribution in [3.8, 4) is 11.5 Å². The van der Waals surface area contributed by atoms with Gasteiger partial charge < -0.3 is 14.8 Å². The molecule has 0 radical (unpaired) electrons. The number of rotatable bonds is 6. The smallest absolute Gasteiger partial charge is 0.282 e. The molecule has 0 saturated heterocycles. The minimum absolute atomic E-state index is 0.201. The van der Waals surface area contributed by atoms with Crippen molar-refractivity contribution < 1.29 is 19.1 Å². The number of nitrogens with one attached hydrogen (secondary N) is 1. The van der Waals surface area contributed by atoms with Gasteiger partial charge in [0.2, 0.25) is 0 Å². The van der Waals surface area contributed by atoms with Gasteiger partial charge in [-0.3, -0.25) is 9.59 Å². The zero-order valence-electron chi connectivity index (χ0n) is 17.1. The van der Waals surface area contributed by atoms with Crippen LogP contribution >= 0.6 is 22.9 Å². The standard InChI is InChI=1S/C23H19ClN2O4S/c1-13-15(24)6-4-7-16(13)25-21-20(19-8-5-11-31-19)22(27)26(23(21)28)14-9-10-17(29-2)18(12-14)30-3/h4-12,25H,1-3H3. The first kappa shape index (κ1) is 21.0. The van der Waals surface area contributed by atoms with E-state index >= 15 is 0 Å². The molecule has 0 aliphatic carbocycles. The number of halogens is 1. The van der Waals surface area contributed by atoms with E-state index in [1.165, 1.54) is 25.6 Å². The number of carbonyl (C=O) groups is 2. The highest BCUT2D eigenvalue weighted by molar-refractivity contribution is 7.11. The molecule has 2 heterocycles. The van der Waals surface area contributed by atoms with E-state index in [2.05, 4.69) is 5.32 Å².